The second-order valence-corrected chi connectivity index (χ2v) is 1.91. The first-order chi connectivity index (χ1) is 5.16. The number of phenolic OH excluding ortho intramolecular Hbond substituents is 1. The van der Waals surface area contributed by atoms with Crippen molar-refractivity contribution in [1.82, 2.24) is 0 Å². The third kappa shape index (κ3) is 1.24. The summed E-state index contributed by atoms with van der Waals surface area (Å²) in [7, 11) is 1.26. The lowest BCUT2D eigenvalue weighted by Gasteiger charge is -2.02. The van der Waals surface area contributed by atoms with Gasteiger partial charge in [-0.05, 0) is 12.1 Å². The molecular weight excluding hydrogens is 154 g/mol. The first-order valence-corrected chi connectivity index (χ1v) is 2.87. The number of phenols is 1. The van der Waals surface area contributed by atoms with Crippen LogP contribution in [0.5, 0.6) is 11.5 Å². The summed E-state index contributed by atoms with van der Waals surface area (Å²) in [5.41, 5.74) is 0. The van der Waals surface area contributed by atoms with Crippen LogP contribution in [0, 0.1) is 11.6 Å². The van der Waals surface area contributed by atoms with Crippen molar-refractivity contribution in [3.8, 4) is 11.5 Å². The molecule has 1 rings (SSSR count). The van der Waals surface area contributed by atoms with E-state index in [0.29, 0.717) is 0 Å². The Labute approximate surface area is 62.0 Å². The molecule has 0 fully saturated rings. The molecule has 1 aromatic carbocycles. The number of benzene rings is 1. The largest absolute Gasteiger partial charge is 0.502 e. The van der Waals surface area contributed by atoms with Crippen molar-refractivity contribution in [3.63, 3.8) is 0 Å². The molecule has 0 heterocycles. The molecule has 0 aliphatic carbocycles. The van der Waals surface area contributed by atoms with E-state index < -0.39 is 17.4 Å². The minimum absolute atomic E-state index is 0.0797. The minimum atomic E-state index is -1.29. The molecule has 0 unspecified atom stereocenters. The highest BCUT2D eigenvalue weighted by Gasteiger charge is 2.11. The van der Waals surface area contributed by atoms with Crippen molar-refractivity contribution in [2.75, 3.05) is 7.11 Å². The van der Waals surface area contributed by atoms with Gasteiger partial charge in [-0.15, -0.1) is 0 Å². The van der Waals surface area contributed by atoms with E-state index >= 15 is 0 Å². The van der Waals surface area contributed by atoms with Gasteiger partial charge in [-0.1, -0.05) is 0 Å². The molecule has 0 aliphatic rings. The van der Waals surface area contributed by atoms with E-state index in [1.165, 1.54) is 7.11 Å². The number of hydrogen-bond acceptors (Lipinski definition) is 2. The van der Waals surface area contributed by atoms with Crippen LogP contribution in [-0.2, 0) is 0 Å². The molecule has 60 valence electrons. The second-order valence-electron chi connectivity index (χ2n) is 1.91. The number of rotatable bonds is 1. The van der Waals surface area contributed by atoms with Crippen LogP contribution >= 0.6 is 0 Å². The Hall–Kier alpha value is -1.32. The van der Waals surface area contributed by atoms with Gasteiger partial charge in [0.2, 0.25) is 5.82 Å². The first kappa shape index (κ1) is 7.78. The summed E-state index contributed by atoms with van der Waals surface area (Å²) in [5, 5.41) is 8.84. The quantitative estimate of drug-likeness (QED) is 0.677. The summed E-state index contributed by atoms with van der Waals surface area (Å²) in [6.07, 6.45) is 0. The predicted molar refractivity (Wildman–Crippen MR) is 34.6 cm³/mol. The van der Waals surface area contributed by atoms with E-state index in [1.807, 2.05) is 0 Å². The van der Waals surface area contributed by atoms with Gasteiger partial charge in [0.25, 0.3) is 0 Å². The predicted octanol–water partition coefficient (Wildman–Crippen LogP) is 1.68. The van der Waals surface area contributed by atoms with Gasteiger partial charge in [-0.3, -0.25) is 0 Å². The van der Waals surface area contributed by atoms with Crippen molar-refractivity contribution in [2.45, 2.75) is 0 Å². The van der Waals surface area contributed by atoms with Crippen LogP contribution in [0.2, 0.25) is 0 Å². The number of halogens is 2. The summed E-state index contributed by atoms with van der Waals surface area (Å²) < 4.78 is 29.3. The average Bonchev–Trinajstić information content (AvgIpc) is 2.01. The molecule has 4 heteroatoms. The second kappa shape index (κ2) is 2.74. The van der Waals surface area contributed by atoms with Crippen LogP contribution in [0.4, 0.5) is 8.78 Å². The van der Waals surface area contributed by atoms with E-state index in [-0.39, 0.29) is 5.75 Å². The Morgan fingerprint density at radius 3 is 2.55 bits per heavy atom. The number of hydrogen-bond donors (Lipinski definition) is 1. The summed E-state index contributed by atoms with van der Waals surface area (Å²) in [5.74, 6) is -3.26. The van der Waals surface area contributed by atoms with E-state index in [9.17, 15) is 8.78 Å². The normalized spacial score (nSPS) is 9.73. The molecule has 11 heavy (non-hydrogen) atoms. The molecule has 1 aromatic rings. The molecule has 0 saturated heterocycles. The fourth-order valence-electron chi connectivity index (χ4n) is 0.687. The van der Waals surface area contributed by atoms with E-state index in [2.05, 4.69) is 4.74 Å². The highest BCUT2D eigenvalue weighted by molar-refractivity contribution is 5.39. The SMILES string of the molecule is COc1ccc(F)c(F)c1O. The molecule has 0 spiro atoms. The third-order valence-corrected chi connectivity index (χ3v) is 1.25. The standard InChI is InChI=1S/C7H6F2O2/c1-11-5-3-2-4(8)6(9)7(5)10/h2-3,10H,1H3. The lowest BCUT2D eigenvalue weighted by molar-refractivity contribution is 0.347. The number of methoxy groups -OCH3 is 1. The van der Waals surface area contributed by atoms with Crippen molar-refractivity contribution in [1.29, 1.82) is 0 Å². The van der Waals surface area contributed by atoms with Gasteiger partial charge in [0, 0.05) is 0 Å². The maximum atomic E-state index is 12.5. The molecule has 0 aliphatic heterocycles. The Morgan fingerprint density at radius 2 is 2.00 bits per heavy atom. The monoisotopic (exact) mass is 160 g/mol. The molecule has 0 radical (unpaired) electrons. The Balaban J connectivity index is 3.25. The zero-order valence-corrected chi connectivity index (χ0v) is 5.77. The first-order valence-electron chi connectivity index (χ1n) is 2.87. The van der Waals surface area contributed by atoms with Crippen LogP contribution in [0.25, 0.3) is 0 Å². The Morgan fingerprint density at radius 1 is 1.36 bits per heavy atom. The van der Waals surface area contributed by atoms with Crippen LogP contribution in [0.3, 0.4) is 0 Å². The summed E-state index contributed by atoms with van der Waals surface area (Å²) in [6.45, 7) is 0. The topological polar surface area (TPSA) is 29.5 Å². The van der Waals surface area contributed by atoms with Gasteiger partial charge in [-0.25, -0.2) is 4.39 Å². The average molecular weight is 160 g/mol. The van der Waals surface area contributed by atoms with Crippen molar-refractivity contribution < 1.29 is 18.6 Å². The van der Waals surface area contributed by atoms with Gasteiger partial charge >= 0.3 is 0 Å². The minimum Gasteiger partial charge on any atom is -0.502 e. The fraction of sp³-hybridized carbons (Fsp3) is 0.143. The van der Waals surface area contributed by atoms with E-state index in [0.717, 1.165) is 12.1 Å². The highest BCUT2D eigenvalue weighted by Crippen LogP contribution is 2.29. The smallest absolute Gasteiger partial charge is 0.204 e. The number of aromatic hydroxyl groups is 1. The Kier molecular flexibility index (Phi) is 1.94. The number of ether oxygens (including phenoxy) is 1. The maximum Gasteiger partial charge on any atom is 0.204 e. The molecule has 0 atom stereocenters. The van der Waals surface area contributed by atoms with E-state index in [4.69, 9.17) is 5.11 Å². The molecule has 0 bridgehead atoms. The van der Waals surface area contributed by atoms with Gasteiger partial charge < -0.3 is 9.84 Å². The molecule has 1 N–H and O–H groups in total. The van der Waals surface area contributed by atoms with Crippen LogP contribution < -0.4 is 4.74 Å². The molecule has 0 aromatic heterocycles. The van der Waals surface area contributed by atoms with Crippen LogP contribution in [0.15, 0.2) is 12.1 Å². The Bertz CT molecular complexity index is 273. The molecule has 0 amide bonds. The van der Waals surface area contributed by atoms with Gasteiger partial charge in [0.1, 0.15) is 0 Å². The van der Waals surface area contributed by atoms with Crippen molar-refractivity contribution >= 4 is 0 Å². The lowest BCUT2D eigenvalue weighted by atomic mass is 10.3. The lowest BCUT2D eigenvalue weighted by Crippen LogP contribution is -1.89. The molecule has 2 nitrogen and oxygen atoms in total. The molecular formula is C7H6F2O2. The van der Waals surface area contributed by atoms with Gasteiger partial charge in [0.15, 0.2) is 17.3 Å². The van der Waals surface area contributed by atoms with Crippen molar-refractivity contribution in [2.24, 2.45) is 0 Å². The zero-order chi connectivity index (χ0) is 8.43. The summed E-state index contributed by atoms with van der Waals surface area (Å²) >= 11 is 0. The van der Waals surface area contributed by atoms with E-state index in [1.54, 1.807) is 0 Å². The fourth-order valence-corrected chi connectivity index (χ4v) is 0.687. The van der Waals surface area contributed by atoms with Gasteiger partial charge in [-0.2, -0.15) is 4.39 Å². The van der Waals surface area contributed by atoms with Crippen molar-refractivity contribution in [3.05, 3.63) is 23.8 Å². The summed E-state index contributed by atoms with van der Waals surface area (Å²) in [4.78, 5) is 0. The van der Waals surface area contributed by atoms with Crippen LogP contribution in [0.1, 0.15) is 0 Å². The summed E-state index contributed by atoms with van der Waals surface area (Å²) in [6, 6.07) is 2.03. The molecule has 0 saturated carbocycles. The van der Waals surface area contributed by atoms with Crippen LogP contribution in [-0.4, -0.2) is 12.2 Å². The van der Waals surface area contributed by atoms with Gasteiger partial charge in [0.05, 0.1) is 7.11 Å². The highest BCUT2D eigenvalue weighted by atomic mass is 19.2. The maximum absolute atomic E-state index is 12.5. The zero-order valence-electron chi connectivity index (χ0n) is 5.77. The third-order valence-electron chi connectivity index (χ3n) is 1.25.